The summed E-state index contributed by atoms with van der Waals surface area (Å²) in [5, 5.41) is 4.01. The number of ether oxygens (including phenoxy) is 1. The molecule has 1 amide bonds. The van der Waals surface area contributed by atoms with Crippen molar-refractivity contribution in [1.29, 1.82) is 0 Å². The van der Waals surface area contributed by atoms with Crippen LogP contribution in [-0.2, 0) is 9.53 Å². The van der Waals surface area contributed by atoms with Gasteiger partial charge in [0.15, 0.2) is 0 Å². The lowest BCUT2D eigenvalue weighted by molar-refractivity contribution is -0.133. The molecule has 3 rings (SSSR count). The van der Waals surface area contributed by atoms with Crippen molar-refractivity contribution in [2.45, 2.75) is 18.6 Å². The van der Waals surface area contributed by atoms with E-state index in [0.717, 1.165) is 49.9 Å². The van der Waals surface area contributed by atoms with Gasteiger partial charge in [-0.1, -0.05) is 11.6 Å². The number of rotatable bonds is 3. The smallest absolute Gasteiger partial charge is 0.239 e. The minimum atomic E-state index is -0.0907. The molecule has 0 aliphatic carbocycles. The monoisotopic (exact) mass is 323 g/mol. The summed E-state index contributed by atoms with van der Waals surface area (Å²) in [6, 6.07) is 7.78. The van der Waals surface area contributed by atoms with Gasteiger partial charge in [-0.15, -0.1) is 0 Å². The molecule has 5 nitrogen and oxygen atoms in total. The minimum absolute atomic E-state index is 0.0907. The summed E-state index contributed by atoms with van der Waals surface area (Å²) in [5.41, 5.74) is 1.16. The largest absolute Gasteiger partial charge is 0.380 e. The van der Waals surface area contributed by atoms with Crippen LogP contribution < -0.4 is 10.2 Å². The van der Waals surface area contributed by atoms with Gasteiger partial charge < -0.3 is 19.9 Å². The number of benzene rings is 1. The van der Waals surface area contributed by atoms with Crippen LogP contribution in [0.15, 0.2) is 24.3 Å². The SMILES string of the molecule is CO[C@@H]1CN[C@H](C(=O)N2CCN(c3ccc(Cl)cc3)CC2)C1. The summed E-state index contributed by atoms with van der Waals surface area (Å²) in [6.07, 6.45) is 0.927. The van der Waals surface area contributed by atoms with E-state index < -0.39 is 0 Å². The highest BCUT2D eigenvalue weighted by atomic mass is 35.5. The number of anilines is 1. The van der Waals surface area contributed by atoms with Crippen LogP contribution in [0.1, 0.15) is 6.42 Å². The van der Waals surface area contributed by atoms with Crippen molar-refractivity contribution in [2.75, 3.05) is 44.7 Å². The molecule has 2 atom stereocenters. The fourth-order valence-corrected chi connectivity index (χ4v) is 3.25. The number of hydrogen-bond donors (Lipinski definition) is 1. The first-order valence-electron chi connectivity index (χ1n) is 7.73. The zero-order chi connectivity index (χ0) is 15.5. The van der Waals surface area contributed by atoms with E-state index in [-0.39, 0.29) is 18.1 Å². The van der Waals surface area contributed by atoms with Crippen molar-refractivity contribution >= 4 is 23.2 Å². The lowest BCUT2D eigenvalue weighted by atomic mass is 10.1. The van der Waals surface area contributed by atoms with Crippen LogP contribution in [0, 0.1) is 0 Å². The summed E-state index contributed by atoms with van der Waals surface area (Å²) in [5.74, 6) is 0.204. The molecule has 1 aromatic carbocycles. The minimum Gasteiger partial charge on any atom is -0.380 e. The van der Waals surface area contributed by atoms with Crippen molar-refractivity contribution < 1.29 is 9.53 Å². The molecule has 1 aromatic rings. The Balaban J connectivity index is 1.53. The van der Waals surface area contributed by atoms with Gasteiger partial charge in [0, 0.05) is 50.5 Å². The maximum atomic E-state index is 12.5. The predicted molar refractivity (Wildman–Crippen MR) is 87.4 cm³/mol. The lowest BCUT2D eigenvalue weighted by Crippen LogP contribution is -2.53. The summed E-state index contributed by atoms with van der Waals surface area (Å²) < 4.78 is 5.31. The third kappa shape index (κ3) is 3.37. The Kier molecular flexibility index (Phi) is 4.86. The van der Waals surface area contributed by atoms with E-state index in [1.807, 2.05) is 29.2 Å². The zero-order valence-electron chi connectivity index (χ0n) is 12.8. The molecule has 0 radical (unpaired) electrons. The highest BCUT2D eigenvalue weighted by molar-refractivity contribution is 6.30. The number of amides is 1. The topological polar surface area (TPSA) is 44.8 Å². The first kappa shape index (κ1) is 15.6. The lowest BCUT2D eigenvalue weighted by Gasteiger charge is -2.37. The Labute approximate surface area is 136 Å². The van der Waals surface area contributed by atoms with Crippen molar-refractivity contribution in [3.63, 3.8) is 0 Å². The number of methoxy groups -OCH3 is 1. The summed E-state index contributed by atoms with van der Waals surface area (Å²) in [4.78, 5) is 16.8. The number of halogens is 1. The number of piperazine rings is 1. The number of carbonyl (C=O) groups excluding carboxylic acids is 1. The molecular formula is C16H22ClN3O2. The van der Waals surface area contributed by atoms with Crippen LogP contribution in [0.5, 0.6) is 0 Å². The number of carbonyl (C=O) groups is 1. The maximum Gasteiger partial charge on any atom is 0.239 e. The van der Waals surface area contributed by atoms with Gasteiger partial charge in [-0.05, 0) is 30.7 Å². The van der Waals surface area contributed by atoms with Gasteiger partial charge in [0.2, 0.25) is 5.91 Å². The van der Waals surface area contributed by atoms with Crippen molar-refractivity contribution in [1.82, 2.24) is 10.2 Å². The second-order valence-corrected chi connectivity index (χ2v) is 6.28. The number of hydrogen-bond acceptors (Lipinski definition) is 4. The molecule has 2 heterocycles. The van der Waals surface area contributed by atoms with Crippen LogP contribution in [0.3, 0.4) is 0 Å². The molecule has 2 saturated heterocycles. The van der Waals surface area contributed by atoms with Gasteiger partial charge in [0.25, 0.3) is 0 Å². The Hall–Kier alpha value is -1.30. The highest BCUT2D eigenvalue weighted by Crippen LogP contribution is 2.20. The van der Waals surface area contributed by atoms with Crippen LogP contribution >= 0.6 is 11.6 Å². The van der Waals surface area contributed by atoms with E-state index in [1.54, 1.807) is 7.11 Å². The summed E-state index contributed by atoms with van der Waals surface area (Å²) in [7, 11) is 1.70. The van der Waals surface area contributed by atoms with E-state index >= 15 is 0 Å². The molecule has 0 aromatic heterocycles. The third-order valence-corrected chi connectivity index (χ3v) is 4.76. The van der Waals surface area contributed by atoms with Crippen LogP contribution in [-0.4, -0.2) is 62.8 Å². The average molecular weight is 324 g/mol. The Bertz CT molecular complexity index is 515. The molecule has 0 unspecified atom stereocenters. The molecule has 120 valence electrons. The van der Waals surface area contributed by atoms with Gasteiger partial charge in [0.05, 0.1) is 12.1 Å². The normalized spacial score (nSPS) is 25.5. The second kappa shape index (κ2) is 6.86. The Morgan fingerprint density at radius 1 is 1.23 bits per heavy atom. The van der Waals surface area contributed by atoms with E-state index in [9.17, 15) is 4.79 Å². The molecule has 0 bridgehead atoms. The Morgan fingerprint density at radius 2 is 1.91 bits per heavy atom. The number of nitrogens with zero attached hydrogens (tertiary/aromatic N) is 2. The molecule has 1 N–H and O–H groups in total. The summed E-state index contributed by atoms with van der Waals surface area (Å²) >= 11 is 5.92. The molecule has 0 spiro atoms. The number of nitrogens with one attached hydrogen (secondary N) is 1. The second-order valence-electron chi connectivity index (χ2n) is 5.84. The quantitative estimate of drug-likeness (QED) is 0.912. The van der Waals surface area contributed by atoms with Crippen LogP contribution in [0.2, 0.25) is 5.02 Å². The maximum absolute atomic E-state index is 12.5. The highest BCUT2D eigenvalue weighted by Gasteiger charge is 2.33. The van der Waals surface area contributed by atoms with E-state index in [1.165, 1.54) is 0 Å². The zero-order valence-corrected chi connectivity index (χ0v) is 13.6. The van der Waals surface area contributed by atoms with Crippen molar-refractivity contribution in [2.24, 2.45) is 0 Å². The van der Waals surface area contributed by atoms with E-state index in [4.69, 9.17) is 16.3 Å². The first-order chi connectivity index (χ1) is 10.7. The standard InChI is InChI=1S/C16H22ClN3O2/c1-22-14-10-15(18-11-14)16(21)20-8-6-19(7-9-20)13-4-2-12(17)3-5-13/h2-5,14-15,18H,6-11H2,1H3/t14-,15-/m0/s1. The molecule has 6 heteroatoms. The van der Waals surface area contributed by atoms with Gasteiger partial charge >= 0.3 is 0 Å². The van der Waals surface area contributed by atoms with Crippen molar-refractivity contribution in [3.05, 3.63) is 29.3 Å². The fraction of sp³-hybridized carbons (Fsp3) is 0.562. The van der Waals surface area contributed by atoms with Gasteiger partial charge in [-0.25, -0.2) is 0 Å². The molecule has 2 fully saturated rings. The molecule has 0 saturated carbocycles. The molecule has 2 aliphatic rings. The molecular weight excluding hydrogens is 302 g/mol. The van der Waals surface area contributed by atoms with Gasteiger partial charge in [-0.3, -0.25) is 4.79 Å². The van der Waals surface area contributed by atoms with Gasteiger partial charge in [0.1, 0.15) is 0 Å². The van der Waals surface area contributed by atoms with Crippen molar-refractivity contribution in [3.8, 4) is 0 Å². The average Bonchev–Trinajstić information content (AvgIpc) is 3.04. The Morgan fingerprint density at radius 3 is 2.50 bits per heavy atom. The molecule has 22 heavy (non-hydrogen) atoms. The van der Waals surface area contributed by atoms with Crippen LogP contribution in [0.25, 0.3) is 0 Å². The molecule has 2 aliphatic heterocycles. The van der Waals surface area contributed by atoms with E-state index in [0.29, 0.717) is 0 Å². The van der Waals surface area contributed by atoms with Crippen LogP contribution in [0.4, 0.5) is 5.69 Å². The fourth-order valence-electron chi connectivity index (χ4n) is 3.13. The van der Waals surface area contributed by atoms with E-state index in [2.05, 4.69) is 10.2 Å². The summed E-state index contributed by atoms with van der Waals surface area (Å²) in [6.45, 7) is 3.99. The van der Waals surface area contributed by atoms with Gasteiger partial charge in [-0.2, -0.15) is 0 Å². The third-order valence-electron chi connectivity index (χ3n) is 4.51. The first-order valence-corrected chi connectivity index (χ1v) is 8.10. The predicted octanol–water partition coefficient (Wildman–Crippen LogP) is 1.37.